The molecule has 1 heterocycles. The second-order valence-corrected chi connectivity index (χ2v) is 12.1. The van der Waals surface area contributed by atoms with E-state index in [1.165, 1.54) is 43.8 Å². The molecule has 44 heavy (non-hydrogen) atoms. The SMILES string of the molecule is CNC(=O)c1ccc(NC(=O)CCN(CCNc2cc(C)nc3ccc(Cl)cc23)S(=O)(=O)c2ccc(OC)cc2)c(OC)c1. The van der Waals surface area contributed by atoms with Gasteiger partial charge < -0.3 is 25.4 Å². The molecule has 3 N–H and O–H groups in total. The van der Waals surface area contributed by atoms with Gasteiger partial charge in [0.1, 0.15) is 11.5 Å². The Balaban J connectivity index is 1.52. The van der Waals surface area contributed by atoms with Crippen molar-refractivity contribution in [3.8, 4) is 11.5 Å². The quantitative estimate of drug-likeness (QED) is 0.191. The number of pyridine rings is 1. The molecule has 4 aromatic rings. The number of carbonyl (C=O) groups excluding carboxylic acids is 2. The number of nitrogens with zero attached hydrogens (tertiary/aromatic N) is 2. The number of sulfonamides is 1. The molecular formula is C31H34ClN5O6S. The Hall–Kier alpha value is -4.39. The first-order valence-corrected chi connectivity index (χ1v) is 15.5. The first-order chi connectivity index (χ1) is 21.0. The lowest BCUT2D eigenvalue weighted by atomic mass is 10.1. The van der Waals surface area contributed by atoms with E-state index in [4.69, 9.17) is 21.1 Å². The summed E-state index contributed by atoms with van der Waals surface area (Å²) in [5, 5.41) is 9.97. The van der Waals surface area contributed by atoms with Crippen molar-refractivity contribution in [2.45, 2.75) is 18.2 Å². The van der Waals surface area contributed by atoms with Crippen molar-refractivity contribution in [3.63, 3.8) is 0 Å². The van der Waals surface area contributed by atoms with Crippen molar-refractivity contribution in [2.75, 3.05) is 51.5 Å². The molecule has 0 spiro atoms. The summed E-state index contributed by atoms with van der Waals surface area (Å²) in [6, 6.07) is 18.0. The number of hydrogen-bond donors (Lipinski definition) is 3. The lowest BCUT2D eigenvalue weighted by molar-refractivity contribution is -0.116. The Morgan fingerprint density at radius 1 is 0.932 bits per heavy atom. The van der Waals surface area contributed by atoms with E-state index >= 15 is 0 Å². The molecule has 11 nitrogen and oxygen atoms in total. The van der Waals surface area contributed by atoms with Crippen LogP contribution in [0.1, 0.15) is 22.5 Å². The number of amides is 2. The third-order valence-corrected chi connectivity index (χ3v) is 8.97. The lowest BCUT2D eigenvalue weighted by Crippen LogP contribution is -2.37. The van der Waals surface area contributed by atoms with Crippen molar-refractivity contribution < 1.29 is 27.5 Å². The van der Waals surface area contributed by atoms with Gasteiger partial charge in [-0.15, -0.1) is 0 Å². The van der Waals surface area contributed by atoms with Gasteiger partial charge in [0.15, 0.2) is 0 Å². The molecular weight excluding hydrogens is 606 g/mol. The van der Waals surface area contributed by atoms with E-state index in [1.807, 2.05) is 19.1 Å². The van der Waals surface area contributed by atoms with Crippen LogP contribution in [0.3, 0.4) is 0 Å². The topological polar surface area (TPSA) is 139 Å². The number of anilines is 2. The predicted molar refractivity (Wildman–Crippen MR) is 171 cm³/mol. The maximum Gasteiger partial charge on any atom is 0.251 e. The maximum absolute atomic E-state index is 13.7. The summed E-state index contributed by atoms with van der Waals surface area (Å²) in [7, 11) is 0.459. The monoisotopic (exact) mass is 639 g/mol. The molecule has 4 rings (SSSR count). The molecule has 3 aromatic carbocycles. The summed E-state index contributed by atoms with van der Waals surface area (Å²) in [4.78, 5) is 29.6. The number of methoxy groups -OCH3 is 2. The second kappa shape index (κ2) is 14.4. The standard InChI is InChI=1S/C31H34ClN5O6S/c1-20-17-28(25-19-22(32)6-12-26(25)35-20)34-14-16-37(44(40,41)24-9-7-23(42-3)8-10-24)15-13-30(38)36-27-11-5-21(31(39)33-2)18-29(27)43-4/h5-12,17-19H,13-16H2,1-4H3,(H,33,39)(H,34,35)(H,36,38). The molecule has 0 atom stereocenters. The van der Waals surface area contributed by atoms with Gasteiger partial charge in [-0.3, -0.25) is 14.6 Å². The van der Waals surface area contributed by atoms with Gasteiger partial charge in [0.05, 0.1) is 30.3 Å². The fraction of sp³-hybridized carbons (Fsp3) is 0.258. The number of aryl methyl sites for hydroxylation is 1. The highest BCUT2D eigenvalue weighted by molar-refractivity contribution is 7.89. The van der Waals surface area contributed by atoms with E-state index in [-0.39, 0.29) is 36.9 Å². The second-order valence-electron chi connectivity index (χ2n) is 9.77. The van der Waals surface area contributed by atoms with Crippen molar-refractivity contribution in [2.24, 2.45) is 0 Å². The summed E-state index contributed by atoms with van der Waals surface area (Å²) >= 11 is 6.22. The van der Waals surface area contributed by atoms with Crippen LogP contribution >= 0.6 is 11.6 Å². The Bertz CT molecular complexity index is 1770. The van der Waals surface area contributed by atoms with Crippen LogP contribution in [0.2, 0.25) is 5.02 Å². The minimum atomic E-state index is -3.98. The summed E-state index contributed by atoms with van der Waals surface area (Å²) < 4.78 is 39.2. The summed E-state index contributed by atoms with van der Waals surface area (Å²) in [5.41, 5.74) is 3.04. The average Bonchev–Trinajstić information content (AvgIpc) is 3.02. The van der Waals surface area contributed by atoms with E-state index in [1.54, 1.807) is 36.4 Å². The minimum Gasteiger partial charge on any atom is -0.497 e. The van der Waals surface area contributed by atoms with Crippen molar-refractivity contribution in [1.29, 1.82) is 0 Å². The fourth-order valence-corrected chi connectivity index (χ4v) is 6.17. The highest BCUT2D eigenvalue weighted by Crippen LogP contribution is 2.28. The highest BCUT2D eigenvalue weighted by atomic mass is 35.5. The number of rotatable bonds is 13. The molecule has 13 heteroatoms. The molecule has 2 amide bonds. The smallest absolute Gasteiger partial charge is 0.251 e. The predicted octanol–water partition coefficient (Wildman–Crippen LogP) is 4.71. The van der Waals surface area contributed by atoms with E-state index in [0.717, 1.165) is 22.3 Å². The van der Waals surface area contributed by atoms with Crippen LogP contribution in [0.25, 0.3) is 10.9 Å². The van der Waals surface area contributed by atoms with Gasteiger partial charge >= 0.3 is 0 Å². The van der Waals surface area contributed by atoms with Crippen LogP contribution in [0.4, 0.5) is 11.4 Å². The summed E-state index contributed by atoms with van der Waals surface area (Å²) in [6.07, 6.45) is -0.136. The Morgan fingerprint density at radius 3 is 2.36 bits per heavy atom. The summed E-state index contributed by atoms with van der Waals surface area (Å²) in [6.45, 7) is 2.09. The lowest BCUT2D eigenvalue weighted by Gasteiger charge is -2.23. The third kappa shape index (κ3) is 7.76. The van der Waals surface area contributed by atoms with Crippen molar-refractivity contribution >= 4 is 55.7 Å². The number of hydrogen-bond acceptors (Lipinski definition) is 8. The number of halogens is 1. The first kappa shape index (κ1) is 32.5. The number of aromatic nitrogens is 1. The number of benzene rings is 3. The van der Waals surface area contributed by atoms with Gasteiger partial charge in [-0.2, -0.15) is 4.31 Å². The number of ether oxygens (including phenoxy) is 2. The Kier molecular flexibility index (Phi) is 10.6. The molecule has 0 aliphatic carbocycles. The molecule has 0 unspecified atom stereocenters. The fourth-order valence-electron chi connectivity index (χ4n) is 4.56. The van der Waals surface area contributed by atoms with Gasteiger partial charge in [-0.1, -0.05) is 11.6 Å². The molecule has 0 bridgehead atoms. The third-order valence-electron chi connectivity index (χ3n) is 6.83. The van der Waals surface area contributed by atoms with Gasteiger partial charge in [-0.25, -0.2) is 8.42 Å². The van der Waals surface area contributed by atoms with E-state index < -0.39 is 15.9 Å². The van der Waals surface area contributed by atoms with Crippen LogP contribution < -0.4 is 25.4 Å². The Labute approximate surface area is 261 Å². The summed E-state index contributed by atoms with van der Waals surface area (Å²) in [5.74, 6) is 0.0920. The molecule has 0 saturated heterocycles. The molecule has 0 saturated carbocycles. The highest BCUT2D eigenvalue weighted by Gasteiger charge is 2.25. The molecule has 0 radical (unpaired) electrons. The normalized spacial score (nSPS) is 11.3. The van der Waals surface area contributed by atoms with Crippen LogP contribution in [0.15, 0.2) is 71.6 Å². The van der Waals surface area contributed by atoms with Crippen LogP contribution in [0, 0.1) is 6.92 Å². The maximum atomic E-state index is 13.7. The van der Waals surface area contributed by atoms with Crippen LogP contribution in [-0.2, 0) is 14.8 Å². The molecule has 0 aliphatic rings. The van der Waals surface area contributed by atoms with Gasteiger partial charge in [0, 0.05) is 60.5 Å². The van der Waals surface area contributed by atoms with E-state index in [9.17, 15) is 18.0 Å². The molecule has 0 aliphatic heterocycles. The van der Waals surface area contributed by atoms with E-state index in [0.29, 0.717) is 27.8 Å². The van der Waals surface area contributed by atoms with Gasteiger partial charge in [0.2, 0.25) is 15.9 Å². The Morgan fingerprint density at radius 2 is 1.68 bits per heavy atom. The molecule has 1 aromatic heterocycles. The van der Waals surface area contributed by atoms with Gasteiger partial charge in [-0.05, 0) is 73.7 Å². The minimum absolute atomic E-state index is 0.0647. The van der Waals surface area contributed by atoms with Crippen molar-refractivity contribution in [1.82, 2.24) is 14.6 Å². The first-order valence-electron chi connectivity index (χ1n) is 13.7. The zero-order valence-electron chi connectivity index (χ0n) is 24.8. The van der Waals surface area contributed by atoms with Gasteiger partial charge in [0.25, 0.3) is 5.91 Å². The molecule has 232 valence electrons. The van der Waals surface area contributed by atoms with E-state index in [2.05, 4.69) is 20.9 Å². The number of fused-ring (bicyclic) bond motifs is 1. The molecule has 0 fully saturated rings. The van der Waals surface area contributed by atoms with Crippen molar-refractivity contribution in [3.05, 3.63) is 83.0 Å². The zero-order valence-corrected chi connectivity index (χ0v) is 26.4. The zero-order chi connectivity index (χ0) is 31.9. The van der Waals surface area contributed by atoms with Crippen LogP contribution in [0.5, 0.6) is 11.5 Å². The average molecular weight is 640 g/mol. The number of carbonyl (C=O) groups is 2. The largest absolute Gasteiger partial charge is 0.497 e. The van der Waals surface area contributed by atoms with Crippen LogP contribution in [-0.4, -0.2) is 70.4 Å². The number of nitrogens with one attached hydrogen (secondary N) is 3.